The molecule has 2 N–H and O–H groups in total. The lowest BCUT2D eigenvalue weighted by Gasteiger charge is -2.18. The summed E-state index contributed by atoms with van der Waals surface area (Å²) in [5.41, 5.74) is 0.715. The number of thioether (sulfide) groups is 1. The molecule has 1 heterocycles. The van der Waals surface area contributed by atoms with Crippen molar-refractivity contribution in [2.24, 2.45) is 5.92 Å². The summed E-state index contributed by atoms with van der Waals surface area (Å²) in [5.74, 6) is -2.18. The van der Waals surface area contributed by atoms with E-state index in [1.54, 1.807) is 6.07 Å². The van der Waals surface area contributed by atoms with Gasteiger partial charge in [0, 0.05) is 16.5 Å². The van der Waals surface area contributed by atoms with Crippen LogP contribution in [-0.4, -0.2) is 31.7 Å². The molecule has 2 aromatic carbocycles. The maximum absolute atomic E-state index is 13.2. The third kappa shape index (κ3) is 4.67. The molecule has 0 radical (unpaired) electrons. The molecule has 0 saturated heterocycles. The molecule has 3 rings (SSSR count). The third-order valence-corrected chi connectivity index (χ3v) is 6.94. The number of fused-ring (bicyclic) bond motifs is 1. The molecule has 1 atom stereocenters. The second-order valence-corrected chi connectivity index (χ2v) is 9.23. The number of sulfone groups is 1. The van der Waals surface area contributed by atoms with Crippen LogP contribution in [0.4, 0.5) is 15.8 Å². The predicted octanol–water partition coefficient (Wildman–Crippen LogP) is 2.92. The summed E-state index contributed by atoms with van der Waals surface area (Å²) in [6.45, 7) is 1.49. The van der Waals surface area contributed by atoms with Crippen LogP contribution in [0.3, 0.4) is 0 Å². The minimum Gasteiger partial charge on any atom is -0.326 e. The fourth-order valence-corrected chi connectivity index (χ4v) is 4.95. The first-order chi connectivity index (χ1) is 12.7. The van der Waals surface area contributed by atoms with E-state index < -0.39 is 33.2 Å². The number of hydrogen-bond acceptors (Lipinski definition) is 5. The second kappa shape index (κ2) is 7.69. The first-order valence-electron chi connectivity index (χ1n) is 8.10. The van der Waals surface area contributed by atoms with Gasteiger partial charge in [0.1, 0.15) is 5.82 Å². The van der Waals surface area contributed by atoms with Crippen molar-refractivity contribution in [1.82, 2.24) is 0 Å². The molecule has 9 heteroatoms. The van der Waals surface area contributed by atoms with E-state index in [9.17, 15) is 22.4 Å². The van der Waals surface area contributed by atoms with E-state index in [4.69, 9.17) is 0 Å². The van der Waals surface area contributed by atoms with Gasteiger partial charge in [-0.15, -0.1) is 11.8 Å². The smallest absolute Gasteiger partial charge is 0.234 e. The van der Waals surface area contributed by atoms with Gasteiger partial charge in [0.15, 0.2) is 9.84 Å². The van der Waals surface area contributed by atoms with E-state index in [0.29, 0.717) is 5.69 Å². The first kappa shape index (κ1) is 19.4. The Balaban J connectivity index is 1.73. The SMILES string of the molecule is C[C@H](CS(=O)(=O)c1ccc2c(c1)NC(=O)CS2)C(=O)Nc1cccc(F)c1. The highest BCUT2D eigenvalue weighted by Crippen LogP contribution is 2.33. The third-order valence-electron chi connectivity index (χ3n) is 3.95. The summed E-state index contributed by atoms with van der Waals surface area (Å²) in [6, 6.07) is 9.89. The zero-order valence-corrected chi connectivity index (χ0v) is 16.0. The number of hydrogen-bond donors (Lipinski definition) is 2. The summed E-state index contributed by atoms with van der Waals surface area (Å²) < 4.78 is 38.5. The van der Waals surface area contributed by atoms with Gasteiger partial charge < -0.3 is 10.6 Å². The summed E-state index contributed by atoms with van der Waals surface area (Å²) in [6.07, 6.45) is 0. The minimum absolute atomic E-state index is 0.0365. The van der Waals surface area contributed by atoms with Crippen LogP contribution in [0.15, 0.2) is 52.3 Å². The Labute approximate surface area is 160 Å². The largest absolute Gasteiger partial charge is 0.326 e. The number of anilines is 2. The number of nitrogens with one attached hydrogen (secondary N) is 2. The summed E-state index contributed by atoms with van der Waals surface area (Å²) >= 11 is 1.34. The number of halogens is 1. The van der Waals surface area contributed by atoms with Gasteiger partial charge in [-0.1, -0.05) is 13.0 Å². The summed E-state index contributed by atoms with van der Waals surface area (Å²) in [7, 11) is -3.75. The number of carbonyl (C=O) groups is 2. The number of benzene rings is 2. The van der Waals surface area contributed by atoms with E-state index in [0.717, 1.165) is 11.0 Å². The molecule has 0 aromatic heterocycles. The van der Waals surface area contributed by atoms with Crippen LogP contribution in [-0.2, 0) is 19.4 Å². The molecule has 6 nitrogen and oxygen atoms in total. The van der Waals surface area contributed by atoms with E-state index in [2.05, 4.69) is 10.6 Å². The van der Waals surface area contributed by atoms with Crippen molar-refractivity contribution in [3.8, 4) is 0 Å². The van der Waals surface area contributed by atoms with Gasteiger partial charge in [-0.3, -0.25) is 9.59 Å². The molecule has 2 aromatic rings. The van der Waals surface area contributed by atoms with E-state index in [1.165, 1.54) is 49.0 Å². The van der Waals surface area contributed by atoms with Crippen LogP contribution in [0.1, 0.15) is 6.92 Å². The molecule has 0 spiro atoms. The van der Waals surface area contributed by atoms with Crippen molar-refractivity contribution in [1.29, 1.82) is 0 Å². The molecular formula is C18H17FN2O4S2. The molecule has 142 valence electrons. The minimum atomic E-state index is -3.75. The number of amides is 2. The van der Waals surface area contributed by atoms with Gasteiger partial charge >= 0.3 is 0 Å². The molecule has 0 bridgehead atoms. The topological polar surface area (TPSA) is 92.3 Å². The lowest BCUT2D eigenvalue weighted by Crippen LogP contribution is -2.27. The first-order valence-corrected chi connectivity index (χ1v) is 10.7. The van der Waals surface area contributed by atoms with Crippen LogP contribution >= 0.6 is 11.8 Å². The maximum Gasteiger partial charge on any atom is 0.234 e. The van der Waals surface area contributed by atoms with Gasteiger partial charge in [0.2, 0.25) is 11.8 Å². The number of rotatable bonds is 5. The highest BCUT2D eigenvalue weighted by Gasteiger charge is 2.25. The molecule has 0 saturated carbocycles. The van der Waals surface area contributed by atoms with Crippen LogP contribution in [0.25, 0.3) is 0 Å². The van der Waals surface area contributed by atoms with Gasteiger partial charge in [-0.05, 0) is 36.4 Å². The van der Waals surface area contributed by atoms with Crippen LogP contribution < -0.4 is 10.6 Å². The standard InChI is InChI=1S/C18H17FN2O4S2/c1-11(18(23)20-13-4-2-3-12(19)7-13)10-27(24,25)14-5-6-16-15(8-14)21-17(22)9-26-16/h2-8,11H,9-10H2,1H3,(H,20,23)(H,21,22)/t11-/m1/s1. The molecule has 0 fully saturated rings. The second-order valence-electron chi connectivity index (χ2n) is 6.18. The van der Waals surface area contributed by atoms with Crippen molar-refractivity contribution in [2.45, 2.75) is 16.7 Å². The Morgan fingerprint density at radius 2 is 2.07 bits per heavy atom. The monoisotopic (exact) mass is 408 g/mol. The molecule has 1 aliphatic heterocycles. The fraction of sp³-hybridized carbons (Fsp3) is 0.222. The van der Waals surface area contributed by atoms with Gasteiger partial charge in [0.25, 0.3) is 0 Å². The zero-order chi connectivity index (χ0) is 19.6. The molecule has 2 amide bonds. The molecule has 0 aliphatic carbocycles. The van der Waals surface area contributed by atoms with E-state index in [-0.39, 0.29) is 22.2 Å². The Morgan fingerprint density at radius 1 is 1.30 bits per heavy atom. The van der Waals surface area contributed by atoms with Crippen molar-refractivity contribution in [3.05, 3.63) is 48.3 Å². The Bertz CT molecular complexity index is 1010. The predicted molar refractivity (Wildman–Crippen MR) is 102 cm³/mol. The average molecular weight is 408 g/mol. The van der Waals surface area contributed by atoms with Crippen molar-refractivity contribution in [3.63, 3.8) is 0 Å². The quantitative estimate of drug-likeness (QED) is 0.794. The molecular weight excluding hydrogens is 391 g/mol. The Hall–Kier alpha value is -2.39. The Kier molecular flexibility index (Phi) is 5.52. The zero-order valence-electron chi connectivity index (χ0n) is 14.4. The molecule has 1 aliphatic rings. The summed E-state index contributed by atoms with van der Waals surface area (Å²) in [5, 5.41) is 5.16. The Morgan fingerprint density at radius 3 is 2.81 bits per heavy atom. The molecule has 0 unspecified atom stereocenters. The van der Waals surface area contributed by atoms with Crippen molar-refractivity contribution >= 4 is 44.8 Å². The van der Waals surface area contributed by atoms with Crippen LogP contribution in [0, 0.1) is 11.7 Å². The van der Waals surface area contributed by atoms with Crippen molar-refractivity contribution < 1.29 is 22.4 Å². The van der Waals surface area contributed by atoms with Gasteiger partial charge in [-0.2, -0.15) is 0 Å². The maximum atomic E-state index is 13.2. The van der Waals surface area contributed by atoms with E-state index >= 15 is 0 Å². The number of carbonyl (C=O) groups excluding carboxylic acids is 2. The van der Waals surface area contributed by atoms with Crippen LogP contribution in [0.5, 0.6) is 0 Å². The highest BCUT2D eigenvalue weighted by atomic mass is 32.2. The van der Waals surface area contributed by atoms with Gasteiger partial charge in [0.05, 0.1) is 22.1 Å². The van der Waals surface area contributed by atoms with Crippen molar-refractivity contribution in [2.75, 3.05) is 22.1 Å². The lowest BCUT2D eigenvalue weighted by atomic mass is 10.2. The molecule has 27 heavy (non-hydrogen) atoms. The van der Waals surface area contributed by atoms with E-state index in [1.807, 2.05) is 0 Å². The lowest BCUT2D eigenvalue weighted by molar-refractivity contribution is -0.118. The normalized spacial score (nSPS) is 14.8. The average Bonchev–Trinajstić information content (AvgIpc) is 2.60. The van der Waals surface area contributed by atoms with Crippen LogP contribution in [0.2, 0.25) is 0 Å². The van der Waals surface area contributed by atoms with Gasteiger partial charge in [-0.25, -0.2) is 12.8 Å². The summed E-state index contributed by atoms with van der Waals surface area (Å²) in [4.78, 5) is 24.6. The fourth-order valence-electron chi connectivity index (χ4n) is 2.59. The highest BCUT2D eigenvalue weighted by molar-refractivity contribution is 8.00.